The van der Waals surface area contributed by atoms with E-state index < -0.39 is 5.91 Å². The molecule has 0 saturated carbocycles. The van der Waals surface area contributed by atoms with Gasteiger partial charge in [0.15, 0.2) is 0 Å². The largest absolute Gasteiger partial charge is 0.366 e. The average Bonchev–Trinajstić information content (AvgIpc) is 2.60. The first kappa shape index (κ1) is 14.7. The number of nitrogens with zero attached hydrogens (tertiary/aromatic N) is 2. The molecule has 1 heterocycles. The first-order valence-corrected chi connectivity index (χ1v) is 7.10. The van der Waals surface area contributed by atoms with Gasteiger partial charge in [-0.05, 0) is 36.4 Å². The number of hydrogen-bond acceptors (Lipinski definition) is 3. The van der Waals surface area contributed by atoms with Crippen molar-refractivity contribution in [3.05, 3.63) is 71.9 Å². The number of hydrogen-bond donors (Lipinski definition) is 1. The molecule has 5 nitrogen and oxygen atoms in total. The Bertz CT molecular complexity index is 888. The number of rotatable bonds is 3. The first-order chi connectivity index (χ1) is 11.1. The smallest absolute Gasteiger partial charge is 0.276 e. The summed E-state index contributed by atoms with van der Waals surface area (Å²) in [7, 11) is 1.67. The zero-order valence-electron chi connectivity index (χ0n) is 12.6. The van der Waals surface area contributed by atoms with Crippen LogP contribution in [0.5, 0.6) is 0 Å². The van der Waals surface area contributed by atoms with Gasteiger partial charge in [-0.1, -0.05) is 24.3 Å². The van der Waals surface area contributed by atoms with Gasteiger partial charge < -0.3 is 10.6 Å². The topological polar surface area (TPSA) is 76.3 Å². The minimum atomic E-state index is -0.498. The number of pyridine rings is 1. The zero-order chi connectivity index (χ0) is 16.4. The number of para-hydroxylation sites is 1. The number of benzene rings is 2. The molecule has 3 aromatic rings. The Balaban J connectivity index is 1.89. The van der Waals surface area contributed by atoms with Crippen LogP contribution >= 0.6 is 0 Å². The van der Waals surface area contributed by atoms with Crippen molar-refractivity contribution in [3.63, 3.8) is 0 Å². The van der Waals surface area contributed by atoms with Gasteiger partial charge in [0.05, 0.1) is 5.52 Å². The monoisotopic (exact) mass is 305 g/mol. The van der Waals surface area contributed by atoms with Crippen LogP contribution in [0.15, 0.2) is 60.7 Å². The lowest BCUT2D eigenvalue weighted by Gasteiger charge is -2.17. The van der Waals surface area contributed by atoms with Crippen molar-refractivity contribution in [2.75, 3.05) is 11.9 Å². The zero-order valence-corrected chi connectivity index (χ0v) is 12.6. The highest BCUT2D eigenvalue weighted by Gasteiger charge is 2.15. The molecule has 2 amide bonds. The van der Waals surface area contributed by atoms with Gasteiger partial charge in [-0.15, -0.1) is 0 Å². The van der Waals surface area contributed by atoms with Crippen molar-refractivity contribution in [2.45, 2.75) is 0 Å². The summed E-state index contributed by atoms with van der Waals surface area (Å²) in [5, 5.41) is 0.984. The van der Waals surface area contributed by atoms with Gasteiger partial charge in [0.2, 0.25) is 5.91 Å². The third kappa shape index (κ3) is 2.89. The van der Waals surface area contributed by atoms with E-state index in [2.05, 4.69) is 4.98 Å². The molecule has 0 saturated heterocycles. The van der Waals surface area contributed by atoms with Gasteiger partial charge in [-0.25, -0.2) is 4.98 Å². The fourth-order valence-corrected chi connectivity index (χ4v) is 2.32. The number of nitrogens with two attached hydrogens (primary N) is 1. The summed E-state index contributed by atoms with van der Waals surface area (Å²) >= 11 is 0. The molecular formula is C18H15N3O2. The molecule has 0 fully saturated rings. The van der Waals surface area contributed by atoms with Crippen molar-refractivity contribution in [1.29, 1.82) is 0 Å². The highest BCUT2D eigenvalue weighted by Crippen LogP contribution is 2.18. The van der Waals surface area contributed by atoms with E-state index in [9.17, 15) is 9.59 Å². The van der Waals surface area contributed by atoms with Crippen molar-refractivity contribution >= 4 is 28.4 Å². The van der Waals surface area contributed by atoms with E-state index in [0.717, 1.165) is 10.9 Å². The van der Waals surface area contributed by atoms with Crippen LogP contribution in [0, 0.1) is 0 Å². The Morgan fingerprint density at radius 3 is 2.35 bits per heavy atom. The second-order valence-corrected chi connectivity index (χ2v) is 5.16. The molecule has 0 atom stereocenters. The minimum absolute atomic E-state index is 0.220. The number of aromatic nitrogens is 1. The molecule has 5 heteroatoms. The van der Waals surface area contributed by atoms with Gasteiger partial charge in [-0.3, -0.25) is 9.59 Å². The molecule has 1 aromatic heterocycles. The van der Waals surface area contributed by atoms with Crippen LogP contribution in [0.1, 0.15) is 20.8 Å². The average molecular weight is 305 g/mol. The number of fused-ring (bicyclic) bond motifs is 1. The fourth-order valence-electron chi connectivity index (χ4n) is 2.32. The summed E-state index contributed by atoms with van der Waals surface area (Å²) < 4.78 is 0. The molecule has 23 heavy (non-hydrogen) atoms. The summed E-state index contributed by atoms with van der Waals surface area (Å²) in [6, 6.07) is 17.8. The highest BCUT2D eigenvalue weighted by molar-refractivity contribution is 6.05. The Morgan fingerprint density at radius 2 is 1.65 bits per heavy atom. The Hall–Kier alpha value is -3.21. The summed E-state index contributed by atoms with van der Waals surface area (Å²) in [6.07, 6.45) is 0. The van der Waals surface area contributed by atoms with Gasteiger partial charge in [0.1, 0.15) is 5.69 Å². The summed E-state index contributed by atoms with van der Waals surface area (Å²) in [5.74, 6) is -0.718. The maximum Gasteiger partial charge on any atom is 0.276 e. The van der Waals surface area contributed by atoms with Crippen LogP contribution in [-0.2, 0) is 0 Å². The minimum Gasteiger partial charge on any atom is -0.366 e. The van der Waals surface area contributed by atoms with Crippen LogP contribution in [0.4, 0.5) is 5.69 Å². The number of primary amides is 1. The predicted octanol–water partition coefficient (Wildman–Crippen LogP) is 2.61. The Kier molecular flexibility index (Phi) is 3.76. The lowest BCUT2D eigenvalue weighted by atomic mass is 10.1. The van der Waals surface area contributed by atoms with E-state index in [-0.39, 0.29) is 5.91 Å². The van der Waals surface area contributed by atoms with Crippen LogP contribution in [0.2, 0.25) is 0 Å². The fraction of sp³-hybridized carbons (Fsp3) is 0.0556. The third-order valence-corrected chi connectivity index (χ3v) is 3.66. The second kappa shape index (κ2) is 5.88. The van der Waals surface area contributed by atoms with Crippen molar-refractivity contribution in [2.24, 2.45) is 5.73 Å². The maximum atomic E-state index is 12.6. The molecule has 114 valence electrons. The van der Waals surface area contributed by atoms with E-state index in [4.69, 9.17) is 5.73 Å². The molecule has 0 aliphatic carbocycles. The number of carbonyl (C=O) groups is 2. The third-order valence-electron chi connectivity index (χ3n) is 3.66. The van der Waals surface area contributed by atoms with Crippen LogP contribution < -0.4 is 10.6 Å². The van der Waals surface area contributed by atoms with E-state index >= 15 is 0 Å². The number of amides is 2. The summed E-state index contributed by atoms with van der Waals surface area (Å²) in [6.45, 7) is 0. The molecular weight excluding hydrogens is 290 g/mol. The van der Waals surface area contributed by atoms with Crippen molar-refractivity contribution in [1.82, 2.24) is 4.98 Å². The molecule has 0 unspecified atom stereocenters. The van der Waals surface area contributed by atoms with E-state index in [1.54, 1.807) is 37.4 Å². The molecule has 0 bridgehead atoms. The van der Waals surface area contributed by atoms with E-state index in [1.807, 2.05) is 30.3 Å². The summed E-state index contributed by atoms with van der Waals surface area (Å²) in [5.41, 5.74) is 7.42. The van der Waals surface area contributed by atoms with Crippen molar-refractivity contribution in [3.8, 4) is 0 Å². The van der Waals surface area contributed by atoms with Crippen molar-refractivity contribution < 1.29 is 9.59 Å². The molecule has 2 aromatic carbocycles. The molecule has 0 aliphatic rings. The van der Waals surface area contributed by atoms with Crippen LogP contribution in [0.3, 0.4) is 0 Å². The maximum absolute atomic E-state index is 12.6. The molecule has 0 aliphatic heterocycles. The molecule has 0 radical (unpaired) electrons. The van der Waals surface area contributed by atoms with E-state index in [1.165, 1.54) is 4.90 Å². The Morgan fingerprint density at radius 1 is 0.957 bits per heavy atom. The lowest BCUT2D eigenvalue weighted by molar-refractivity contribution is 0.0985. The summed E-state index contributed by atoms with van der Waals surface area (Å²) in [4.78, 5) is 29.6. The lowest BCUT2D eigenvalue weighted by Crippen LogP contribution is -2.27. The van der Waals surface area contributed by atoms with Crippen LogP contribution in [0.25, 0.3) is 10.9 Å². The normalized spacial score (nSPS) is 10.5. The van der Waals surface area contributed by atoms with Crippen LogP contribution in [-0.4, -0.2) is 23.8 Å². The van der Waals surface area contributed by atoms with Gasteiger partial charge in [0.25, 0.3) is 5.91 Å². The first-order valence-electron chi connectivity index (χ1n) is 7.10. The molecule has 3 rings (SSSR count). The standard InChI is InChI=1S/C18H15N3O2/c1-21(14-9-6-13(7-10-14)17(19)22)18(23)16-11-8-12-4-2-3-5-15(12)20-16/h2-11H,1H3,(H2,19,22). The van der Waals surface area contributed by atoms with Gasteiger partial charge in [0, 0.05) is 23.7 Å². The highest BCUT2D eigenvalue weighted by atomic mass is 16.2. The number of carbonyl (C=O) groups excluding carboxylic acids is 2. The van der Waals surface area contributed by atoms with E-state index in [0.29, 0.717) is 16.9 Å². The second-order valence-electron chi connectivity index (χ2n) is 5.16. The van der Waals surface area contributed by atoms with Gasteiger partial charge >= 0.3 is 0 Å². The molecule has 0 spiro atoms. The Labute approximate surface area is 133 Å². The molecule has 2 N–H and O–H groups in total. The SMILES string of the molecule is CN(C(=O)c1ccc2ccccc2n1)c1ccc(C(N)=O)cc1. The predicted molar refractivity (Wildman–Crippen MR) is 89.4 cm³/mol. The number of anilines is 1. The van der Waals surface area contributed by atoms with Gasteiger partial charge in [-0.2, -0.15) is 0 Å². The quantitative estimate of drug-likeness (QED) is 0.808.